The van der Waals surface area contributed by atoms with E-state index < -0.39 is 11.9 Å². The molecule has 0 aliphatic heterocycles. The molecule has 0 saturated heterocycles. The average molecular weight is 438 g/mol. The number of carboxylic acid groups (broad SMARTS) is 2. The van der Waals surface area contributed by atoms with E-state index in [1.54, 1.807) is 24.3 Å². The topological polar surface area (TPSA) is 74.6 Å². The summed E-state index contributed by atoms with van der Waals surface area (Å²) in [4.78, 5) is 21.5. The van der Waals surface area contributed by atoms with E-state index in [0.29, 0.717) is 11.1 Å². The zero-order valence-corrected chi connectivity index (χ0v) is 19.3. The molecule has 2 N–H and O–H groups in total. The van der Waals surface area contributed by atoms with E-state index in [2.05, 4.69) is 0 Å². The summed E-state index contributed by atoms with van der Waals surface area (Å²) in [6.45, 7) is 4.03. The van der Waals surface area contributed by atoms with Gasteiger partial charge in [0.1, 0.15) is 0 Å². The van der Waals surface area contributed by atoms with Gasteiger partial charge in [0, 0.05) is 19.5 Å². The van der Waals surface area contributed by atoms with Gasteiger partial charge in [0.25, 0.3) is 0 Å². The standard InChI is InChI=1S/2C12H10O2.Zn/c2*1-8-3-2-4-9-7-10(12(13)14)5-6-11(8)9;/h2*2-7H,1H3,(H,13,14);. The number of carbonyl (C=O) groups is 2. The zero-order valence-electron chi connectivity index (χ0n) is 16.3. The van der Waals surface area contributed by atoms with Crippen molar-refractivity contribution < 1.29 is 39.3 Å². The Morgan fingerprint density at radius 1 is 0.621 bits per heavy atom. The van der Waals surface area contributed by atoms with Crippen LogP contribution in [0.2, 0.25) is 0 Å². The molecule has 0 fully saturated rings. The van der Waals surface area contributed by atoms with Gasteiger partial charge in [-0.3, -0.25) is 0 Å². The number of rotatable bonds is 2. The van der Waals surface area contributed by atoms with Crippen LogP contribution in [-0.4, -0.2) is 22.2 Å². The molecule has 0 radical (unpaired) electrons. The van der Waals surface area contributed by atoms with Gasteiger partial charge in [-0.1, -0.05) is 48.5 Å². The fourth-order valence-electron chi connectivity index (χ4n) is 3.16. The molecule has 0 amide bonds. The van der Waals surface area contributed by atoms with Crippen molar-refractivity contribution in [1.82, 2.24) is 0 Å². The Bertz CT molecular complexity index is 1100. The van der Waals surface area contributed by atoms with Gasteiger partial charge in [-0.25, -0.2) is 9.59 Å². The van der Waals surface area contributed by atoms with Crippen molar-refractivity contribution in [3.8, 4) is 0 Å². The Morgan fingerprint density at radius 3 is 1.34 bits per heavy atom. The maximum Gasteiger partial charge on any atom is 0.335 e. The van der Waals surface area contributed by atoms with Crippen LogP contribution >= 0.6 is 0 Å². The summed E-state index contributed by atoms with van der Waals surface area (Å²) in [5.41, 5.74) is 3.00. The first-order valence-corrected chi connectivity index (χ1v) is 8.82. The molecule has 0 unspecified atom stereocenters. The van der Waals surface area contributed by atoms with Crippen LogP contribution < -0.4 is 0 Å². The quantitative estimate of drug-likeness (QED) is 0.395. The first kappa shape index (κ1) is 22.3. The average Bonchev–Trinajstić information content (AvgIpc) is 2.68. The maximum absolute atomic E-state index is 10.7. The molecule has 0 aromatic heterocycles. The predicted octanol–water partition coefficient (Wildman–Crippen LogP) is 5.69. The minimum absolute atomic E-state index is 0. The monoisotopic (exact) mass is 436 g/mol. The number of fused-ring (bicyclic) bond motifs is 2. The van der Waals surface area contributed by atoms with Gasteiger partial charge >= 0.3 is 11.9 Å². The van der Waals surface area contributed by atoms with Crippen LogP contribution in [0.4, 0.5) is 0 Å². The molecule has 4 aromatic rings. The Hall–Kier alpha value is -3.04. The number of aryl methyl sites for hydroxylation is 2. The first-order chi connectivity index (χ1) is 13.4. The van der Waals surface area contributed by atoms with Gasteiger partial charge in [-0.15, -0.1) is 0 Å². The third-order valence-electron chi connectivity index (χ3n) is 4.69. The molecule has 0 bridgehead atoms. The van der Waals surface area contributed by atoms with Crippen molar-refractivity contribution >= 4 is 33.5 Å². The molecule has 0 saturated carbocycles. The third kappa shape index (κ3) is 5.07. The number of carboxylic acids is 2. The second-order valence-electron chi connectivity index (χ2n) is 6.63. The molecular formula is C24H20O4Zn. The van der Waals surface area contributed by atoms with E-state index in [1.807, 2.05) is 62.4 Å². The molecule has 0 aliphatic carbocycles. The molecular weight excluding hydrogens is 418 g/mol. The largest absolute Gasteiger partial charge is 0.478 e. The van der Waals surface area contributed by atoms with Gasteiger partial charge < -0.3 is 10.2 Å². The van der Waals surface area contributed by atoms with E-state index in [4.69, 9.17) is 10.2 Å². The summed E-state index contributed by atoms with van der Waals surface area (Å²) in [5, 5.41) is 21.8. The van der Waals surface area contributed by atoms with E-state index in [1.165, 1.54) is 11.1 Å². The molecule has 0 spiro atoms. The molecule has 29 heavy (non-hydrogen) atoms. The second kappa shape index (κ2) is 9.44. The smallest absolute Gasteiger partial charge is 0.335 e. The summed E-state index contributed by atoms with van der Waals surface area (Å²) in [5.74, 6) is -1.76. The van der Waals surface area contributed by atoms with Crippen LogP contribution in [-0.2, 0) is 19.5 Å². The Morgan fingerprint density at radius 2 is 1.00 bits per heavy atom. The maximum atomic E-state index is 10.7. The molecule has 4 rings (SSSR count). The summed E-state index contributed by atoms with van der Waals surface area (Å²) >= 11 is 0. The Balaban J connectivity index is 0.000000200. The number of hydrogen-bond acceptors (Lipinski definition) is 2. The van der Waals surface area contributed by atoms with Crippen LogP contribution in [0.3, 0.4) is 0 Å². The van der Waals surface area contributed by atoms with Crippen molar-refractivity contribution in [2.45, 2.75) is 13.8 Å². The Kier molecular flexibility index (Phi) is 7.25. The van der Waals surface area contributed by atoms with Gasteiger partial charge in [0.05, 0.1) is 11.1 Å². The number of aromatic carboxylic acids is 2. The minimum Gasteiger partial charge on any atom is -0.478 e. The van der Waals surface area contributed by atoms with Crippen molar-refractivity contribution in [2.75, 3.05) is 0 Å². The van der Waals surface area contributed by atoms with Gasteiger partial charge in [0.2, 0.25) is 0 Å². The zero-order chi connectivity index (χ0) is 20.3. The van der Waals surface area contributed by atoms with E-state index >= 15 is 0 Å². The van der Waals surface area contributed by atoms with Crippen molar-refractivity contribution in [3.05, 3.63) is 95.1 Å². The van der Waals surface area contributed by atoms with Gasteiger partial charge in [-0.2, -0.15) is 0 Å². The Labute approximate surface area is 181 Å². The SMILES string of the molecule is Cc1cccc2cc(C(=O)O)ccc12.Cc1cccc2cc(C(=O)O)ccc12.[Zn]. The summed E-state index contributed by atoms with van der Waals surface area (Å²) in [6.07, 6.45) is 0. The fraction of sp³-hybridized carbons (Fsp3) is 0.0833. The van der Waals surface area contributed by atoms with E-state index in [0.717, 1.165) is 21.5 Å². The third-order valence-corrected chi connectivity index (χ3v) is 4.69. The van der Waals surface area contributed by atoms with Crippen molar-refractivity contribution in [1.29, 1.82) is 0 Å². The van der Waals surface area contributed by atoms with Gasteiger partial charge in [0.15, 0.2) is 0 Å². The summed E-state index contributed by atoms with van der Waals surface area (Å²) in [7, 11) is 0. The first-order valence-electron chi connectivity index (χ1n) is 8.82. The van der Waals surface area contributed by atoms with E-state index in [-0.39, 0.29) is 19.5 Å². The molecule has 4 aromatic carbocycles. The minimum atomic E-state index is -0.881. The van der Waals surface area contributed by atoms with Crippen molar-refractivity contribution in [2.24, 2.45) is 0 Å². The van der Waals surface area contributed by atoms with Crippen LogP contribution in [0, 0.1) is 13.8 Å². The summed E-state index contributed by atoms with van der Waals surface area (Å²) in [6, 6.07) is 22.1. The molecule has 142 valence electrons. The molecule has 0 aliphatic rings. The van der Waals surface area contributed by atoms with Crippen LogP contribution in [0.15, 0.2) is 72.8 Å². The predicted molar refractivity (Wildman–Crippen MR) is 111 cm³/mol. The second-order valence-corrected chi connectivity index (χ2v) is 6.63. The molecule has 0 heterocycles. The number of hydrogen-bond donors (Lipinski definition) is 2. The van der Waals surface area contributed by atoms with Gasteiger partial charge in [-0.05, 0) is 70.8 Å². The van der Waals surface area contributed by atoms with Crippen LogP contribution in [0.1, 0.15) is 31.8 Å². The van der Waals surface area contributed by atoms with E-state index in [9.17, 15) is 9.59 Å². The molecule has 5 heteroatoms. The van der Waals surface area contributed by atoms with Crippen LogP contribution in [0.25, 0.3) is 21.5 Å². The molecule has 4 nitrogen and oxygen atoms in total. The van der Waals surface area contributed by atoms with Crippen molar-refractivity contribution in [3.63, 3.8) is 0 Å². The fourth-order valence-corrected chi connectivity index (χ4v) is 3.16. The normalized spacial score (nSPS) is 10.0. The molecule has 0 atom stereocenters. The van der Waals surface area contributed by atoms with Crippen LogP contribution in [0.5, 0.6) is 0 Å². The summed E-state index contributed by atoms with van der Waals surface area (Å²) < 4.78 is 0. The number of benzene rings is 4.